The van der Waals surface area contributed by atoms with Gasteiger partial charge >= 0.3 is 0 Å². The highest BCUT2D eigenvalue weighted by atomic mass is 32.1. The first kappa shape index (κ1) is 17.4. The van der Waals surface area contributed by atoms with Crippen LogP contribution < -0.4 is 0 Å². The molecule has 0 aliphatic rings. The molecule has 0 radical (unpaired) electrons. The molecule has 7 heteroatoms. The Balaban J connectivity index is 1.83. The molecule has 0 aliphatic carbocycles. The molecule has 0 saturated carbocycles. The smallest absolute Gasteiger partial charge is 0.199 e. The molecule has 3 rings (SSSR count). The number of hydrogen-bond acceptors (Lipinski definition) is 3. The molecule has 1 heterocycles. The third-order valence-corrected chi connectivity index (χ3v) is 4.36. The van der Waals surface area contributed by atoms with E-state index in [1.807, 2.05) is 18.0 Å². The van der Waals surface area contributed by atoms with Gasteiger partial charge in [0.15, 0.2) is 10.6 Å². The van der Waals surface area contributed by atoms with Crippen LogP contribution in [0, 0.1) is 16.4 Å². The predicted molar refractivity (Wildman–Crippen MR) is 95.3 cm³/mol. The van der Waals surface area contributed by atoms with Crippen LogP contribution in [0.4, 0.5) is 8.78 Å². The van der Waals surface area contributed by atoms with E-state index < -0.39 is 0 Å². The molecule has 3 aromatic rings. The lowest BCUT2D eigenvalue weighted by Gasteiger charge is -2.16. The van der Waals surface area contributed by atoms with Gasteiger partial charge in [0.25, 0.3) is 0 Å². The fourth-order valence-electron chi connectivity index (χ4n) is 2.68. The minimum atomic E-state index is -0.342. The quantitative estimate of drug-likeness (QED) is 0.644. The highest BCUT2D eigenvalue weighted by Crippen LogP contribution is 2.20. The Morgan fingerprint density at radius 1 is 1.12 bits per heavy atom. The first-order chi connectivity index (χ1) is 12.0. The van der Waals surface area contributed by atoms with Gasteiger partial charge in [-0.15, -0.1) is 0 Å². The summed E-state index contributed by atoms with van der Waals surface area (Å²) in [5.74, 6) is -0.129. The van der Waals surface area contributed by atoms with E-state index in [4.69, 9.17) is 12.2 Å². The maximum Gasteiger partial charge on any atom is 0.199 e. The molecule has 4 nitrogen and oxygen atoms in total. The van der Waals surface area contributed by atoms with E-state index in [2.05, 4.69) is 5.10 Å². The van der Waals surface area contributed by atoms with Crippen LogP contribution in [0.5, 0.6) is 0 Å². The normalized spacial score (nSPS) is 11.2. The third kappa shape index (κ3) is 3.83. The van der Waals surface area contributed by atoms with Crippen molar-refractivity contribution in [2.45, 2.75) is 13.2 Å². The molecule has 0 amide bonds. The summed E-state index contributed by atoms with van der Waals surface area (Å²) in [6.45, 7) is 0.961. The number of halogens is 2. The Kier molecular flexibility index (Phi) is 5.06. The zero-order valence-corrected chi connectivity index (χ0v) is 14.8. The molecule has 0 N–H and O–H groups in total. The minimum absolute atomic E-state index is 0.262. The summed E-state index contributed by atoms with van der Waals surface area (Å²) in [4.78, 5) is 1.96. The van der Waals surface area contributed by atoms with Crippen molar-refractivity contribution in [3.63, 3.8) is 0 Å². The van der Waals surface area contributed by atoms with E-state index in [0.717, 1.165) is 5.56 Å². The largest absolute Gasteiger partial charge is 0.303 e. The summed E-state index contributed by atoms with van der Waals surface area (Å²) < 4.78 is 31.2. The highest BCUT2D eigenvalue weighted by molar-refractivity contribution is 7.71. The fourth-order valence-corrected chi connectivity index (χ4v) is 2.87. The minimum Gasteiger partial charge on any atom is -0.303 e. The van der Waals surface area contributed by atoms with Gasteiger partial charge in [0.1, 0.15) is 11.6 Å². The number of aromatic nitrogens is 3. The topological polar surface area (TPSA) is 26.0 Å². The van der Waals surface area contributed by atoms with E-state index in [1.165, 1.54) is 18.2 Å². The van der Waals surface area contributed by atoms with E-state index in [1.54, 1.807) is 40.6 Å². The predicted octanol–water partition coefficient (Wildman–Crippen LogP) is 3.99. The Bertz CT molecular complexity index is 948. The maximum atomic E-state index is 14.0. The van der Waals surface area contributed by atoms with E-state index in [9.17, 15) is 8.78 Å². The molecule has 0 saturated heterocycles. The first-order valence-electron chi connectivity index (χ1n) is 7.77. The van der Waals surface area contributed by atoms with Gasteiger partial charge in [0, 0.05) is 13.6 Å². The molecule has 1 aromatic heterocycles. The molecule has 2 aromatic carbocycles. The van der Waals surface area contributed by atoms with Crippen molar-refractivity contribution in [1.82, 2.24) is 19.2 Å². The summed E-state index contributed by atoms with van der Waals surface area (Å²) in [6.07, 6.45) is 0. The summed E-state index contributed by atoms with van der Waals surface area (Å²) in [5.41, 5.74) is 1.27. The monoisotopic (exact) mass is 360 g/mol. The second-order valence-corrected chi connectivity index (χ2v) is 6.30. The van der Waals surface area contributed by atoms with Gasteiger partial charge in [-0.2, -0.15) is 5.10 Å². The third-order valence-electron chi connectivity index (χ3n) is 3.87. The van der Waals surface area contributed by atoms with Crippen molar-refractivity contribution >= 4 is 12.2 Å². The van der Waals surface area contributed by atoms with Crippen LogP contribution in [0.2, 0.25) is 0 Å². The summed E-state index contributed by atoms with van der Waals surface area (Å²) in [5, 5.41) is 4.46. The van der Waals surface area contributed by atoms with E-state index in [-0.39, 0.29) is 11.6 Å². The maximum absolute atomic E-state index is 14.0. The van der Waals surface area contributed by atoms with Crippen LogP contribution in [-0.4, -0.2) is 26.3 Å². The molecule has 0 atom stereocenters. The second kappa shape index (κ2) is 7.25. The zero-order valence-electron chi connectivity index (χ0n) is 14.0. The van der Waals surface area contributed by atoms with Crippen LogP contribution in [0.25, 0.3) is 11.4 Å². The number of nitrogens with zero attached hydrogens (tertiary/aromatic N) is 4. The van der Waals surface area contributed by atoms with Crippen molar-refractivity contribution in [1.29, 1.82) is 0 Å². The Labute approximate surface area is 149 Å². The average molecular weight is 360 g/mol. The standard InChI is InChI=1S/C18H18F2N4S/c1-22(11-13-6-5-7-14(19)10-13)12-24-18(25)23(2)17(21-24)15-8-3-4-9-16(15)20/h3-10H,11-12H2,1-2H3. The lowest BCUT2D eigenvalue weighted by atomic mass is 10.2. The van der Waals surface area contributed by atoms with Gasteiger partial charge in [-0.3, -0.25) is 4.90 Å². The van der Waals surface area contributed by atoms with Crippen molar-refractivity contribution in [2.75, 3.05) is 7.05 Å². The zero-order chi connectivity index (χ0) is 18.0. The fraction of sp³-hybridized carbons (Fsp3) is 0.222. The number of rotatable bonds is 5. The number of hydrogen-bond donors (Lipinski definition) is 0. The van der Waals surface area contributed by atoms with Gasteiger partial charge in [0.05, 0.1) is 12.2 Å². The van der Waals surface area contributed by atoms with Crippen LogP contribution in [-0.2, 0) is 20.3 Å². The van der Waals surface area contributed by atoms with Crippen LogP contribution in [0.3, 0.4) is 0 Å². The Morgan fingerprint density at radius 2 is 1.88 bits per heavy atom. The van der Waals surface area contributed by atoms with Gasteiger partial charge < -0.3 is 4.57 Å². The van der Waals surface area contributed by atoms with Crippen molar-refractivity contribution in [3.8, 4) is 11.4 Å². The Morgan fingerprint density at radius 3 is 2.60 bits per heavy atom. The van der Waals surface area contributed by atoms with Crippen molar-refractivity contribution in [2.24, 2.45) is 7.05 Å². The molecular weight excluding hydrogens is 342 g/mol. The average Bonchev–Trinajstić information content (AvgIpc) is 2.83. The van der Waals surface area contributed by atoms with E-state index in [0.29, 0.717) is 29.4 Å². The lowest BCUT2D eigenvalue weighted by Crippen LogP contribution is -2.22. The second-order valence-electron chi connectivity index (χ2n) is 5.93. The van der Waals surface area contributed by atoms with Crippen LogP contribution >= 0.6 is 12.2 Å². The van der Waals surface area contributed by atoms with Crippen molar-refractivity contribution in [3.05, 3.63) is 70.5 Å². The molecule has 0 bridgehead atoms. The molecule has 0 unspecified atom stereocenters. The van der Waals surface area contributed by atoms with Gasteiger partial charge in [-0.05, 0) is 49.1 Å². The molecule has 0 aliphatic heterocycles. The lowest BCUT2D eigenvalue weighted by molar-refractivity contribution is 0.244. The summed E-state index contributed by atoms with van der Waals surface area (Å²) in [6, 6.07) is 12.9. The van der Waals surface area contributed by atoms with Gasteiger partial charge in [-0.1, -0.05) is 24.3 Å². The molecule has 0 spiro atoms. The highest BCUT2D eigenvalue weighted by Gasteiger charge is 2.14. The molecule has 0 fully saturated rings. The Hall–Kier alpha value is -2.38. The summed E-state index contributed by atoms with van der Waals surface area (Å²) in [7, 11) is 3.66. The first-order valence-corrected chi connectivity index (χ1v) is 8.18. The number of benzene rings is 2. The summed E-state index contributed by atoms with van der Waals surface area (Å²) >= 11 is 5.42. The van der Waals surface area contributed by atoms with Crippen molar-refractivity contribution < 1.29 is 8.78 Å². The van der Waals surface area contributed by atoms with Crippen LogP contribution in [0.15, 0.2) is 48.5 Å². The molecule has 130 valence electrons. The van der Waals surface area contributed by atoms with E-state index >= 15 is 0 Å². The molecular formula is C18H18F2N4S. The molecule has 25 heavy (non-hydrogen) atoms. The van der Waals surface area contributed by atoms with Gasteiger partial charge in [-0.25, -0.2) is 13.5 Å². The van der Waals surface area contributed by atoms with Crippen LogP contribution in [0.1, 0.15) is 5.56 Å². The van der Waals surface area contributed by atoms with Gasteiger partial charge in [0.2, 0.25) is 0 Å². The SMILES string of the molecule is CN(Cc1cccc(F)c1)Cn1nc(-c2ccccc2F)n(C)c1=S.